The summed E-state index contributed by atoms with van der Waals surface area (Å²) < 4.78 is 31.9. The van der Waals surface area contributed by atoms with Crippen molar-refractivity contribution in [1.29, 1.82) is 0 Å². The van der Waals surface area contributed by atoms with Crippen molar-refractivity contribution >= 4 is 28.3 Å². The highest BCUT2D eigenvalue weighted by atomic mass is 35.5. The van der Waals surface area contributed by atoms with E-state index >= 15 is 0 Å². The normalized spacial score (nSPS) is 16.6. The van der Waals surface area contributed by atoms with Crippen molar-refractivity contribution < 1.29 is 17.9 Å². The molecule has 1 aliphatic heterocycles. The maximum atomic E-state index is 12.7. The summed E-state index contributed by atoms with van der Waals surface area (Å²) in [5.74, 6) is 0.377. The molecule has 0 saturated carbocycles. The average Bonchev–Trinajstić information content (AvgIpc) is 2.59. The van der Waals surface area contributed by atoms with Crippen molar-refractivity contribution in [2.45, 2.75) is 37.1 Å². The number of carbonyl (C=O) groups excluding carboxylic acids is 1. The monoisotopic (exact) mass is 405 g/mol. The van der Waals surface area contributed by atoms with Crippen LogP contribution in [-0.4, -0.2) is 50.9 Å². The number of nitrogens with two attached hydrogens (primary N) is 1. The number of piperidine rings is 1. The molecule has 1 aliphatic rings. The smallest absolute Gasteiger partial charge is 0.243 e. The van der Waals surface area contributed by atoms with Gasteiger partial charge in [-0.3, -0.25) is 4.79 Å². The molecule has 0 unspecified atom stereocenters. The largest absolute Gasteiger partial charge is 0.497 e. The number of hydrogen-bond acceptors (Lipinski definition) is 5. The number of rotatable bonds is 6. The third kappa shape index (κ3) is 5.84. The molecule has 0 aliphatic carbocycles. The van der Waals surface area contributed by atoms with E-state index in [0.717, 1.165) is 0 Å². The third-order valence-corrected chi connectivity index (χ3v) is 6.15. The molecular weight excluding hydrogens is 378 g/mol. The number of carbonyl (C=O) groups is 1. The summed E-state index contributed by atoms with van der Waals surface area (Å²) >= 11 is 0. The Kier molecular flexibility index (Phi) is 7.88. The van der Waals surface area contributed by atoms with Gasteiger partial charge in [-0.1, -0.05) is 0 Å². The van der Waals surface area contributed by atoms with Gasteiger partial charge in [0.2, 0.25) is 15.9 Å². The lowest BCUT2D eigenvalue weighted by Crippen LogP contribution is -2.48. The summed E-state index contributed by atoms with van der Waals surface area (Å²) in [6, 6.07) is 6.33. The zero-order chi connectivity index (χ0) is 18.7. The molecule has 26 heavy (non-hydrogen) atoms. The van der Waals surface area contributed by atoms with Crippen LogP contribution in [0.5, 0.6) is 5.75 Å². The summed E-state index contributed by atoms with van der Waals surface area (Å²) in [7, 11) is -2.01. The first kappa shape index (κ1) is 22.7. The minimum atomic E-state index is -3.55. The summed E-state index contributed by atoms with van der Waals surface area (Å²) in [6.07, 6.45) is 1.01. The van der Waals surface area contributed by atoms with Gasteiger partial charge in [-0.05, 0) is 51.0 Å². The minimum absolute atomic E-state index is 0. The van der Waals surface area contributed by atoms with Gasteiger partial charge in [0.25, 0.3) is 0 Å². The Hall–Kier alpha value is -1.35. The Bertz CT molecular complexity index is 694. The number of nitrogens with zero attached hydrogens (tertiary/aromatic N) is 1. The lowest BCUT2D eigenvalue weighted by Gasteiger charge is -2.31. The highest BCUT2D eigenvalue weighted by Crippen LogP contribution is 2.25. The molecule has 9 heteroatoms. The second kappa shape index (κ2) is 9.03. The SMILES string of the molecule is COc1ccc(S(=O)(=O)N2CCC(C(=O)NCC(C)(C)N)CC2)cc1.Cl. The number of halogens is 1. The minimum Gasteiger partial charge on any atom is -0.497 e. The molecule has 1 fully saturated rings. The first-order valence-corrected chi connectivity index (χ1v) is 9.78. The molecule has 0 aromatic heterocycles. The standard InChI is InChI=1S/C17H27N3O4S.ClH/c1-17(2,18)12-19-16(21)13-8-10-20(11-9-13)25(22,23)15-6-4-14(24-3)5-7-15;/h4-7,13H,8-12,18H2,1-3H3,(H,19,21);1H. The second-order valence-electron chi connectivity index (χ2n) is 7.06. The highest BCUT2D eigenvalue weighted by Gasteiger charge is 2.32. The van der Waals surface area contributed by atoms with Crippen LogP contribution in [0.3, 0.4) is 0 Å². The number of benzene rings is 1. The Balaban J connectivity index is 0.00000338. The fraction of sp³-hybridized carbons (Fsp3) is 0.588. The Morgan fingerprint density at radius 3 is 2.27 bits per heavy atom. The fourth-order valence-electron chi connectivity index (χ4n) is 2.71. The van der Waals surface area contributed by atoms with Crippen LogP contribution >= 0.6 is 12.4 Å². The molecule has 1 aromatic carbocycles. The number of nitrogens with one attached hydrogen (secondary N) is 1. The second-order valence-corrected chi connectivity index (χ2v) is 9.00. The predicted octanol–water partition coefficient (Wildman–Crippen LogP) is 1.37. The predicted molar refractivity (Wildman–Crippen MR) is 103 cm³/mol. The molecule has 148 valence electrons. The maximum absolute atomic E-state index is 12.7. The Morgan fingerprint density at radius 2 is 1.81 bits per heavy atom. The van der Waals surface area contributed by atoms with Crippen molar-refractivity contribution in [3.8, 4) is 5.75 Å². The summed E-state index contributed by atoms with van der Waals surface area (Å²) in [6.45, 7) is 4.75. The molecule has 0 bridgehead atoms. The first-order valence-electron chi connectivity index (χ1n) is 8.34. The van der Waals surface area contributed by atoms with Crippen LogP contribution in [-0.2, 0) is 14.8 Å². The van der Waals surface area contributed by atoms with Gasteiger partial charge >= 0.3 is 0 Å². The number of hydrogen-bond donors (Lipinski definition) is 2. The molecule has 1 aromatic rings. The van der Waals surface area contributed by atoms with E-state index in [0.29, 0.717) is 38.2 Å². The van der Waals surface area contributed by atoms with Crippen LogP contribution in [0, 0.1) is 5.92 Å². The third-order valence-electron chi connectivity index (χ3n) is 4.24. The lowest BCUT2D eigenvalue weighted by atomic mass is 9.96. The number of methoxy groups -OCH3 is 1. The van der Waals surface area contributed by atoms with Crippen molar-refractivity contribution in [2.24, 2.45) is 11.7 Å². The van der Waals surface area contributed by atoms with E-state index in [1.807, 2.05) is 13.8 Å². The summed E-state index contributed by atoms with van der Waals surface area (Å²) in [5, 5.41) is 2.84. The van der Waals surface area contributed by atoms with Crippen LogP contribution in [0.1, 0.15) is 26.7 Å². The van der Waals surface area contributed by atoms with Crippen molar-refractivity contribution in [3.63, 3.8) is 0 Å². The van der Waals surface area contributed by atoms with Gasteiger partial charge in [0.1, 0.15) is 5.75 Å². The van der Waals surface area contributed by atoms with Crippen molar-refractivity contribution in [1.82, 2.24) is 9.62 Å². The van der Waals surface area contributed by atoms with Gasteiger partial charge < -0.3 is 15.8 Å². The molecule has 1 amide bonds. The molecule has 0 radical (unpaired) electrons. The molecule has 3 N–H and O–H groups in total. The van der Waals surface area contributed by atoms with E-state index in [1.165, 1.54) is 23.5 Å². The van der Waals surface area contributed by atoms with Gasteiger partial charge in [0.15, 0.2) is 0 Å². The highest BCUT2D eigenvalue weighted by molar-refractivity contribution is 7.89. The fourth-order valence-corrected chi connectivity index (χ4v) is 4.18. The van der Waals surface area contributed by atoms with Crippen molar-refractivity contribution in [2.75, 3.05) is 26.7 Å². The zero-order valence-electron chi connectivity index (χ0n) is 15.4. The Labute approximate surface area is 161 Å². The van der Waals surface area contributed by atoms with Gasteiger partial charge in [0.05, 0.1) is 12.0 Å². The van der Waals surface area contributed by atoms with Crippen LogP contribution in [0.15, 0.2) is 29.2 Å². The van der Waals surface area contributed by atoms with Gasteiger partial charge in [0, 0.05) is 31.1 Å². The van der Waals surface area contributed by atoms with Crippen LogP contribution in [0.25, 0.3) is 0 Å². The molecule has 1 saturated heterocycles. The van der Waals surface area contributed by atoms with E-state index in [1.54, 1.807) is 12.1 Å². The van der Waals surface area contributed by atoms with E-state index in [9.17, 15) is 13.2 Å². The van der Waals surface area contributed by atoms with Gasteiger partial charge in [-0.25, -0.2) is 8.42 Å². The van der Waals surface area contributed by atoms with E-state index in [2.05, 4.69) is 5.32 Å². The number of ether oxygens (including phenoxy) is 1. The molecule has 1 heterocycles. The van der Waals surface area contributed by atoms with Gasteiger partial charge in [-0.15, -0.1) is 12.4 Å². The maximum Gasteiger partial charge on any atom is 0.243 e. The van der Waals surface area contributed by atoms with E-state index in [4.69, 9.17) is 10.5 Å². The quantitative estimate of drug-likeness (QED) is 0.744. The van der Waals surface area contributed by atoms with E-state index < -0.39 is 15.6 Å². The molecule has 0 atom stereocenters. The number of amides is 1. The molecular formula is C17H28ClN3O4S. The molecule has 0 spiro atoms. The molecule has 7 nitrogen and oxygen atoms in total. The summed E-state index contributed by atoms with van der Waals surface area (Å²) in [5.41, 5.74) is 5.40. The summed E-state index contributed by atoms with van der Waals surface area (Å²) in [4.78, 5) is 12.4. The average molecular weight is 406 g/mol. The van der Waals surface area contributed by atoms with Gasteiger partial charge in [-0.2, -0.15) is 4.31 Å². The van der Waals surface area contributed by atoms with Crippen LogP contribution < -0.4 is 15.8 Å². The van der Waals surface area contributed by atoms with Crippen LogP contribution in [0.4, 0.5) is 0 Å². The zero-order valence-corrected chi connectivity index (χ0v) is 17.0. The van der Waals surface area contributed by atoms with E-state index in [-0.39, 0.29) is 29.1 Å². The Morgan fingerprint density at radius 1 is 1.27 bits per heavy atom. The van der Waals surface area contributed by atoms with Crippen molar-refractivity contribution in [3.05, 3.63) is 24.3 Å². The topological polar surface area (TPSA) is 102 Å². The first-order chi connectivity index (χ1) is 11.6. The number of sulfonamides is 1. The molecule has 2 rings (SSSR count). The van der Waals surface area contributed by atoms with Crippen LogP contribution in [0.2, 0.25) is 0 Å². The lowest BCUT2D eigenvalue weighted by molar-refractivity contribution is -0.126.